The number of carbonyl (C=O) groups is 2. The third kappa shape index (κ3) is 3.98. The van der Waals surface area contributed by atoms with Gasteiger partial charge in [0.25, 0.3) is 0 Å². The number of nitrogens with zero attached hydrogens (tertiary/aromatic N) is 1. The second-order valence-electron chi connectivity index (χ2n) is 8.59. The summed E-state index contributed by atoms with van der Waals surface area (Å²) in [6.07, 6.45) is 0. The lowest BCUT2D eigenvalue weighted by atomic mass is 10.1. The zero-order valence-corrected chi connectivity index (χ0v) is 22.0. The third-order valence-corrected chi connectivity index (χ3v) is 8.02. The number of rotatable bonds is 5. The Hall–Kier alpha value is -4.28. The van der Waals surface area contributed by atoms with Gasteiger partial charge < -0.3 is 18.9 Å². The Morgan fingerprint density at radius 3 is 2.29 bits per heavy atom. The summed E-state index contributed by atoms with van der Waals surface area (Å²) >= 11 is 2.71. The van der Waals surface area contributed by atoms with Gasteiger partial charge in [-0.1, -0.05) is 36.4 Å². The van der Waals surface area contributed by atoms with Crippen LogP contribution < -0.4 is 16.4 Å². The first kappa shape index (κ1) is 24.1. The maximum atomic E-state index is 12.9. The van der Waals surface area contributed by atoms with Gasteiger partial charge in [0.05, 0.1) is 17.4 Å². The first-order valence-electron chi connectivity index (χ1n) is 11.9. The lowest BCUT2D eigenvalue weighted by molar-refractivity contribution is -0.150. The molecule has 1 atom stereocenters. The van der Waals surface area contributed by atoms with E-state index in [1.807, 2.05) is 59.3 Å². The molecule has 0 aliphatic heterocycles. The van der Waals surface area contributed by atoms with Crippen molar-refractivity contribution in [2.75, 3.05) is 11.9 Å². The van der Waals surface area contributed by atoms with Crippen LogP contribution in [0, 0.1) is 11.3 Å². The molecule has 0 radical (unpaired) electrons. The van der Waals surface area contributed by atoms with Gasteiger partial charge in [0, 0.05) is 32.3 Å². The van der Waals surface area contributed by atoms with E-state index in [4.69, 9.17) is 24.0 Å². The second kappa shape index (κ2) is 9.55. The van der Waals surface area contributed by atoms with E-state index in [2.05, 4.69) is 5.32 Å². The molecular formula is C28H21N3O5S2. The SMILES string of the molecule is CCOC(=O)C(C)C(=O)Nc1scc2c1/c(=N\c1scc3c1c(=N)oc1ccccc13)oc1ccccc12. The molecule has 1 unspecified atom stereocenters. The van der Waals surface area contributed by atoms with Gasteiger partial charge in [0.15, 0.2) is 0 Å². The minimum Gasteiger partial charge on any atom is -0.465 e. The fourth-order valence-corrected chi connectivity index (χ4v) is 6.23. The molecule has 0 aliphatic carbocycles. The highest BCUT2D eigenvalue weighted by Crippen LogP contribution is 2.37. The summed E-state index contributed by atoms with van der Waals surface area (Å²) in [5.41, 5.74) is 1.57. The fraction of sp³-hybridized carbons (Fsp3) is 0.143. The predicted molar refractivity (Wildman–Crippen MR) is 149 cm³/mol. The molecule has 0 bridgehead atoms. The van der Waals surface area contributed by atoms with Gasteiger partial charge in [-0.2, -0.15) is 0 Å². The van der Waals surface area contributed by atoms with E-state index in [0.717, 1.165) is 21.5 Å². The van der Waals surface area contributed by atoms with Crippen LogP contribution in [0.3, 0.4) is 0 Å². The van der Waals surface area contributed by atoms with Crippen molar-refractivity contribution in [1.29, 1.82) is 5.41 Å². The van der Waals surface area contributed by atoms with Crippen molar-refractivity contribution in [3.8, 4) is 0 Å². The number of anilines is 1. The van der Waals surface area contributed by atoms with Gasteiger partial charge in [-0.15, -0.1) is 22.7 Å². The standard InChI is InChI=1S/C28H21N3O5S2/c1-3-34-28(33)14(2)24(32)30-27-22-18(13-38-27)16-9-5-7-11-20(16)36-25(22)31-26-21-17(12-37-26)15-8-4-6-10-19(15)35-23(21)29/h4-14,29H,3H2,1-2H3,(H,30,32)/b29-23?,31-25+. The molecular weight excluding hydrogens is 522 g/mol. The molecule has 0 saturated carbocycles. The van der Waals surface area contributed by atoms with Crippen LogP contribution in [0.1, 0.15) is 13.8 Å². The Bertz CT molecular complexity index is 2010. The molecule has 0 spiro atoms. The monoisotopic (exact) mass is 543 g/mol. The average molecular weight is 544 g/mol. The zero-order chi connectivity index (χ0) is 26.4. The van der Waals surface area contributed by atoms with E-state index in [1.54, 1.807) is 6.92 Å². The second-order valence-corrected chi connectivity index (χ2v) is 10.3. The highest BCUT2D eigenvalue weighted by molar-refractivity contribution is 7.16. The van der Waals surface area contributed by atoms with Gasteiger partial charge in [-0.3, -0.25) is 15.0 Å². The number of para-hydroxylation sites is 2. The van der Waals surface area contributed by atoms with E-state index < -0.39 is 17.8 Å². The van der Waals surface area contributed by atoms with Crippen LogP contribution in [0.4, 0.5) is 10.0 Å². The van der Waals surface area contributed by atoms with Gasteiger partial charge in [-0.05, 0) is 26.0 Å². The normalized spacial score (nSPS) is 12.9. The highest BCUT2D eigenvalue weighted by atomic mass is 32.1. The molecule has 190 valence electrons. The summed E-state index contributed by atoms with van der Waals surface area (Å²) in [5.74, 6) is -2.05. The van der Waals surface area contributed by atoms with Crippen LogP contribution in [-0.4, -0.2) is 18.5 Å². The van der Waals surface area contributed by atoms with Crippen molar-refractivity contribution in [2.45, 2.75) is 13.8 Å². The fourth-order valence-electron chi connectivity index (χ4n) is 4.35. The Balaban J connectivity index is 1.57. The van der Waals surface area contributed by atoms with Crippen molar-refractivity contribution in [3.05, 3.63) is 70.4 Å². The Labute approximate surface area is 223 Å². The summed E-state index contributed by atoms with van der Waals surface area (Å²) in [7, 11) is 0. The molecule has 0 saturated heterocycles. The zero-order valence-electron chi connectivity index (χ0n) is 20.4. The number of esters is 1. The molecule has 8 nitrogen and oxygen atoms in total. The van der Waals surface area contributed by atoms with Gasteiger partial charge in [0.1, 0.15) is 27.1 Å². The summed E-state index contributed by atoms with van der Waals surface area (Å²) < 4.78 is 17.1. The van der Waals surface area contributed by atoms with Crippen LogP contribution in [0.5, 0.6) is 0 Å². The van der Waals surface area contributed by atoms with Crippen molar-refractivity contribution in [3.63, 3.8) is 0 Å². The van der Waals surface area contributed by atoms with E-state index in [9.17, 15) is 9.59 Å². The van der Waals surface area contributed by atoms with E-state index in [-0.39, 0.29) is 17.7 Å². The number of hydrogen-bond donors (Lipinski definition) is 2. The molecule has 6 aromatic rings. The number of hydrogen-bond acceptors (Lipinski definition) is 9. The Morgan fingerprint density at radius 1 is 0.947 bits per heavy atom. The molecule has 4 heterocycles. The molecule has 10 heteroatoms. The molecule has 0 fully saturated rings. The van der Waals surface area contributed by atoms with Gasteiger partial charge >= 0.3 is 5.97 Å². The van der Waals surface area contributed by atoms with E-state index in [1.165, 1.54) is 29.6 Å². The number of ether oxygens (including phenoxy) is 1. The maximum Gasteiger partial charge on any atom is 0.318 e. The van der Waals surface area contributed by atoms with Crippen molar-refractivity contribution < 1.29 is 23.2 Å². The summed E-state index contributed by atoms with van der Waals surface area (Å²) in [6.45, 7) is 3.40. The van der Waals surface area contributed by atoms with Crippen molar-refractivity contribution in [2.24, 2.45) is 10.9 Å². The summed E-state index contributed by atoms with van der Waals surface area (Å²) in [5, 5.41) is 21.1. The Kier molecular flexibility index (Phi) is 6.05. The van der Waals surface area contributed by atoms with Crippen LogP contribution in [0.15, 0.2) is 73.1 Å². The Morgan fingerprint density at radius 2 is 1.58 bits per heavy atom. The van der Waals surface area contributed by atoms with Crippen molar-refractivity contribution >= 4 is 88.0 Å². The summed E-state index contributed by atoms with van der Waals surface area (Å²) in [6, 6.07) is 15.2. The average Bonchev–Trinajstić information content (AvgIpc) is 3.54. The van der Waals surface area contributed by atoms with Gasteiger partial charge in [-0.25, -0.2) is 4.99 Å². The maximum absolute atomic E-state index is 12.9. The lowest BCUT2D eigenvalue weighted by Gasteiger charge is -2.10. The third-order valence-electron chi connectivity index (χ3n) is 6.25. The quantitative estimate of drug-likeness (QED) is 0.191. The van der Waals surface area contributed by atoms with Gasteiger partial charge in [0.2, 0.25) is 17.0 Å². The number of carbonyl (C=O) groups excluding carboxylic acids is 2. The highest BCUT2D eigenvalue weighted by Gasteiger charge is 2.25. The molecule has 2 aromatic carbocycles. The van der Waals surface area contributed by atoms with E-state index in [0.29, 0.717) is 31.9 Å². The molecule has 4 aromatic heterocycles. The first-order valence-corrected chi connectivity index (χ1v) is 13.6. The molecule has 6 rings (SSSR count). The molecule has 38 heavy (non-hydrogen) atoms. The lowest BCUT2D eigenvalue weighted by Crippen LogP contribution is -2.28. The van der Waals surface area contributed by atoms with Crippen LogP contribution in [0.2, 0.25) is 0 Å². The van der Waals surface area contributed by atoms with Crippen LogP contribution in [0.25, 0.3) is 43.5 Å². The topological polar surface area (TPSA) is 118 Å². The minimum atomic E-state index is -0.980. The first-order chi connectivity index (χ1) is 18.5. The molecule has 0 aliphatic rings. The molecule has 1 amide bonds. The summed E-state index contributed by atoms with van der Waals surface area (Å²) in [4.78, 5) is 29.9. The smallest absolute Gasteiger partial charge is 0.318 e. The predicted octanol–water partition coefficient (Wildman–Crippen LogP) is 6.46. The van der Waals surface area contributed by atoms with E-state index >= 15 is 0 Å². The number of fused-ring (bicyclic) bond motifs is 6. The largest absolute Gasteiger partial charge is 0.465 e. The number of benzene rings is 2. The molecule has 2 N–H and O–H groups in total. The van der Waals surface area contributed by atoms with Crippen LogP contribution in [-0.2, 0) is 14.3 Å². The van der Waals surface area contributed by atoms with Crippen LogP contribution >= 0.6 is 22.7 Å². The number of amides is 1. The number of nitrogens with one attached hydrogen (secondary N) is 2. The minimum absolute atomic E-state index is 0.0119. The number of thiophene rings is 2. The van der Waals surface area contributed by atoms with Crippen molar-refractivity contribution in [1.82, 2.24) is 0 Å².